The number of amides is 1. The van der Waals surface area contributed by atoms with Crippen LogP contribution in [-0.2, 0) is 4.79 Å². The van der Waals surface area contributed by atoms with Gasteiger partial charge in [0.2, 0.25) is 0 Å². The molecule has 2 heterocycles. The van der Waals surface area contributed by atoms with Crippen LogP contribution in [-0.4, -0.2) is 97.9 Å². The maximum Gasteiger partial charge on any atom is 0.260 e. The Morgan fingerprint density at radius 3 is 2.52 bits per heavy atom. The fourth-order valence-corrected chi connectivity index (χ4v) is 3.45. The van der Waals surface area contributed by atoms with Gasteiger partial charge in [0, 0.05) is 39.3 Å². The van der Waals surface area contributed by atoms with E-state index in [9.17, 15) is 9.90 Å². The fraction of sp³-hybridized carbons (Fsp3) is 0.611. The third-order valence-corrected chi connectivity index (χ3v) is 5.04. The van der Waals surface area contributed by atoms with Crippen LogP contribution in [0.2, 0.25) is 0 Å². The fourth-order valence-electron chi connectivity index (χ4n) is 3.45. The molecule has 1 N–H and O–H groups in total. The Balaban J connectivity index is 1.53. The minimum atomic E-state index is -0.501. The molecular weight excluding hydrogens is 322 g/mol. The Kier molecular flexibility index (Phi) is 5.78. The van der Waals surface area contributed by atoms with Crippen LogP contribution >= 0.6 is 0 Å². The monoisotopic (exact) mass is 349 g/mol. The van der Waals surface area contributed by atoms with Crippen LogP contribution in [0.5, 0.6) is 11.5 Å². The molecule has 1 aromatic rings. The minimum absolute atomic E-state index is 0.0175. The number of rotatable bonds is 5. The van der Waals surface area contributed by atoms with E-state index < -0.39 is 6.10 Å². The van der Waals surface area contributed by atoms with Crippen molar-refractivity contribution in [3.63, 3.8) is 0 Å². The summed E-state index contributed by atoms with van der Waals surface area (Å²) < 4.78 is 10.8. The predicted octanol–water partition coefficient (Wildman–Crippen LogP) is -0.107. The molecule has 3 rings (SSSR count). The van der Waals surface area contributed by atoms with Gasteiger partial charge in [-0.15, -0.1) is 0 Å². The van der Waals surface area contributed by atoms with Gasteiger partial charge in [-0.25, -0.2) is 0 Å². The van der Waals surface area contributed by atoms with Gasteiger partial charge in [-0.1, -0.05) is 12.1 Å². The summed E-state index contributed by atoms with van der Waals surface area (Å²) in [5, 5.41) is 10.4. The second kappa shape index (κ2) is 8.03. The minimum Gasteiger partial charge on any atom is -0.493 e. The SMILES string of the molecule is COc1ccccc1OCC(=O)N1C[C@@H](O)[C@H](N2CCN(C)CC2)C1. The van der Waals surface area contributed by atoms with Crippen molar-refractivity contribution in [1.82, 2.24) is 14.7 Å². The highest BCUT2D eigenvalue weighted by atomic mass is 16.5. The third kappa shape index (κ3) is 4.23. The van der Waals surface area contributed by atoms with E-state index in [1.807, 2.05) is 12.1 Å². The van der Waals surface area contributed by atoms with E-state index in [1.165, 1.54) is 0 Å². The van der Waals surface area contributed by atoms with Crippen molar-refractivity contribution in [2.75, 3.05) is 60.0 Å². The summed E-state index contributed by atoms with van der Waals surface area (Å²) in [6.07, 6.45) is -0.501. The zero-order valence-electron chi connectivity index (χ0n) is 14.9. The number of ether oxygens (including phenoxy) is 2. The number of hydrogen-bond acceptors (Lipinski definition) is 6. The van der Waals surface area contributed by atoms with E-state index in [4.69, 9.17) is 9.47 Å². The summed E-state index contributed by atoms with van der Waals surface area (Å²) in [6.45, 7) is 4.71. The molecule has 7 nitrogen and oxygen atoms in total. The Bertz CT molecular complexity index is 589. The maximum absolute atomic E-state index is 12.5. The molecule has 0 aromatic heterocycles. The number of para-hydroxylation sites is 2. The molecule has 1 aromatic carbocycles. The van der Waals surface area contributed by atoms with Crippen LogP contribution in [0.3, 0.4) is 0 Å². The molecule has 0 aliphatic carbocycles. The lowest BCUT2D eigenvalue weighted by molar-refractivity contribution is -0.132. The van der Waals surface area contributed by atoms with Crippen LogP contribution in [0.15, 0.2) is 24.3 Å². The van der Waals surface area contributed by atoms with E-state index >= 15 is 0 Å². The van der Waals surface area contributed by atoms with Gasteiger partial charge in [-0.2, -0.15) is 0 Å². The normalized spacial score (nSPS) is 25.2. The topological polar surface area (TPSA) is 65.5 Å². The second-order valence-electron chi connectivity index (χ2n) is 6.71. The molecule has 1 amide bonds. The van der Waals surface area contributed by atoms with Gasteiger partial charge in [-0.3, -0.25) is 9.69 Å². The van der Waals surface area contributed by atoms with Crippen LogP contribution in [0.25, 0.3) is 0 Å². The Labute approximate surface area is 148 Å². The van der Waals surface area contributed by atoms with Crippen LogP contribution in [0.4, 0.5) is 0 Å². The van der Waals surface area contributed by atoms with Crippen molar-refractivity contribution < 1.29 is 19.4 Å². The van der Waals surface area contributed by atoms with Crippen molar-refractivity contribution in [3.8, 4) is 11.5 Å². The number of carbonyl (C=O) groups is 1. The van der Waals surface area contributed by atoms with Crippen LogP contribution in [0.1, 0.15) is 0 Å². The van der Waals surface area contributed by atoms with Crippen molar-refractivity contribution in [3.05, 3.63) is 24.3 Å². The molecule has 2 fully saturated rings. The van der Waals surface area contributed by atoms with E-state index in [2.05, 4.69) is 16.8 Å². The average molecular weight is 349 g/mol. The molecule has 0 saturated carbocycles. The van der Waals surface area contributed by atoms with Gasteiger partial charge in [0.25, 0.3) is 5.91 Å². The molecule has 0 bridgehead atoms. The summed E-state index contributed by atoms with van der Waals surface area (Å²) in [6, 6.07) is 7.28. The third-order valence-electron chi connectivity index (χ3n) is 5.04. The largest absolute Gasteiger partial charge is 0.493 e. The number of methoxy groups -OCH3 is 1. The summed E-state index contributed by atoms with van der Waals surface area (Å²) in [7, 11) is 3.68. The number of likely N-dealkylation sites (tertiary alicyclic amines) is 1. The number of likely N-dealkylation sites (N-methyl/N-ethyl adjacent to an activating group) is 1. The summed E-state index contributed by atoms with van der Waals surface area (Å²) in [4.78, 5) is 18.7. The first-order valence-corrected chi connectivity index (χ1v) is 8.72. The van der Waals surface area contributed by atoms with Gasteiger partial charge < -0.3 is 24.4 Å². The number of aliphatic hydroxyl groups excluding tert-OH is 1. The van der Waals surface area contributed by atoms with Crippen molar-refractivity contribution >= 4 is 5.91 Å². The Morgan fingerprint density at radius 2 is 1.84 bits per heavy atom. The summed E-state index contributed by atoms with van der Waals surface area (Å²) in [5.74, 6) is 1.04. The molecule has 2 aliphatic heterocycles. The Hall–Kier alpha value is -1.83. The second-order valence-corrected chi connectivity index (χ2v) is 6.71. The highest BCUT2D eigenvalue weighted by Crippen LogP contribution is 2.26. The quantitative estimate of drug-likeness (QED) is 0.800. The van der Waals surface area contributed by atoms with Crippen molar-refractivity contribution in [2.45, 2.75) is 12.1 Å². The predicted molar refractivity (Wildman–Crippen MR) is 93.9 cm³/mol. The lowest BCUT2D eigenvalue weighted by atomic mass is 10.1. The summed E-state index contributed by atoms with van der Waals surface area (Å²) in [5.41, 5.74) is 0. The first-order chi connectivity index (χ1) is 12.1. The van der Waals surface area contributed by atoms with Crippen molar-refractivity contribution in [1.29, 1.82) is 0 Å². The molecule has 0 spiro atoms. The highest BCUT2D eigenvalue weighted by Gasteiger charge is 2.38. The van der Waals surface area contributed by atoms with E-state index in [0.717, 1.165) is 26.2 Å². The molecule has 0 unspecified atom stereocenters. The standard InChI is InChI=1S/C18H27N3O4/c1-19-7-9-20(10-8-19)14-11-21(12-15(14)22)18(23)13-25-17-6-4-3-5-16(17)24-2/h3-6,14-15,22H,7-13H2,1-2H3/t14-,15-/m1/s1. The smallest absolute Gasteiger partial charge is 0.260 e. The van der Waals surface area contributed by atoms with Gasteiger partial charge in [0.05, 0.1) is 19.3 Å². The van der Waals surface area contributed by atoms with Gasteiger partial charge in [0.15, 0.2) is 18.1 Å². The average Bonchev–Trinajstić information content (AvgIpc) is 3.02. The van der Waals surface area contributed by atoms with Crippen LogP contribution in [0, 0.1) is 0 Å². The number of nitrogens with zero attached hydrogens (tertiary/aromatic N) is 3. The zero-order chi connectivity index (χ0) is 17.8. The molecule has 25 heavy (non-hydrogen) atoms. The molecule has 2 saturated heterocycles. The van der Waals surface area contributed by atoms with Gasteiger partial charge >= 0.3 is 0 Å². The number of benzene rings is 1. The molecular formula is C18H27N3O4. The molecule has 2 atom stereocenters. The number of carbonyl (C=O) groups excluding carboxylic acids is 1. The number of piperazine rings is 1. The zero-order valence-corrected chi connectivity index (χ0v) is 14.9. The van der Waals surface area contributed by atoms with E-state index in [0.29, 0.717) is 24.6 Å². The summed E-state index contributed by atoms with van der Waals surface area (Å²) >= 11 is 0. The maximum atomic E-state index is 12.5. The lowest BCUT2D eigenvalue weighted by Gasteiger charge is -2.37. The Morgan fingerprint density at radius 1 is 1.16 bits per heavy atom. The van der Waals surface area contributed by atoms with E-state index in [-0.39, 0.29) is 18.6 Å². The highest BCUT2D eigenvalue weighted by molar-refractivity contribution is 5.78. The van der Waals surface area contributed by atoms with Gasteiger partial charge in [-0.05, 0) is 19.2 Å². The number of hydrogen-bond donors (Lipinski definition) is 1. The molecule has 2 aliphatic rings. The lowest BCUT2D eigenvalue weighted by Crippen LogP contribution is -2.52. The van der Waals surface area contributed by atoms with Crippen LogP contribution < -0.4 is 9.47 Å². The molecule has 138 valence electrons. The molecule has 7 heteroatoms. The number of β-amino-alcohol motifs (C(OH)–C–C–N with tert-alkyl or cyclic N) is 1. The number of aliphatic hydroxyl groups is 1. The first kappa shape index (κ1) is 18.0. The van der Waals surface area contributed by atoms with Crippen molar-refractivity contribution in [2.24, 2.45) is 0 Å². The molecule has 0 radical (unpaired) electrons. The van der Waals surface area contributed by atoms with Gasteiger partial charge in [0.1, 0.15) is 0 Å². The van der Waals surface area contributed by atoms with E-state index in [1.54, 1.807) is 24.1 Å². The first-order valence-electron chi connectivity index (χ1n) is 8.72.